The molecule has 0 bridgehead atoms. The second-order valence-corrected chi connectivity index (χ2v) is 14.0. The maximum atomic E-state index is 13.0. The molecule has 5 rings (SSSR count). The zero-order valence-corrected chi connectivity index (χ0v) is 21.8. The average molecular weight is 521 g/mol. The highest BCUT2D eigenvalue weighted by Gasteiger charge is 2.26. The first-order chi connectivity index (χ1) is 16.0. The molecular formula is C23H28N4O2S4. The molecule has 2 aliphatic rings. The number of para-hydroxylation sites is 1. The summed E-state index contributed by atoms with van der Waals surface area (Å²) >= 11 is 5.12. The Bertz CT molecular complexity index is 1230. The number of thiophene rings is 1. The number of rotatable bonds is 8. The van der Waals surface area contributed by atoms with E-state index < -0.39 is 10.0 Å². The normalized spacial score (nSPS) is 19.8. The van der Waals surface area contributed by atoms with E-state index in [-0.39, 0.29) is 0 Å². The Balaban J connectivity index is 1.27. The van der Waals surface area contributed by atoms with Crippen molar-refractivity contribution < 1.29 is 8.42 Å². The van der Waals surface area contributed by atoms with Crippen LogP contribution in [-0.2, 0) is 10.0 Å². The minimum absolute atomic E-state index is 0.341. The zero-order valence-electron chi connectivity index (χ0n) is 18.5. The molecule has 176 valence electrons. The monoisotopic (exact) mass is 520 g/mol. The van der Waals surface area contributed by atoms with Crippen LogP contribution >= 0.6 is 34.9 Å². The standard InChI is InChI=1S/C23H28N4O2S4/c1-27(33(28,29)21-6-3-11-31-21)20-5-2-4-16-14-19(26-22(16)20)23-25-15-18(32-23)7-10-24-17-8-12-30-13-9-17/h2-6,11,14,17-18,24,26H,7-10,12-13,15H2,1H3. The maximum Gasteiger partial charge on any atom is 0.273 e. The van der Waals surface area contributed by atoms with Gasteiger partial charge in [-0.15, -0.1) is 11.3 Å². The third-order valence-corrected chi connectivity index (χ3v) is 11.6. The fourth-order valence-electron chi connectivity index (χ4n) is 4.26. The van der Waals surface area contributed by atoms with E-state index in [1.54, 1.807) is 24.6 Å². The summed E-state index contributed by atoms with van der Waals surface area (Å²) in [6.45, 7) is 1.87. The number of fused-ring (bicyclic) bond motifs is 1. The molecular weight excluding hydrogens is 493 g/mol. The maximum absolute atomic E-state index is 13.0. The van der Waals surface area contributed by atoms with E-state index in [2.05, 4.69) is 28.1 Å². The van der Waals surface area contributed by atoms with Gasteiger partial charge in [0.15, 0.2) is 0 Å². The van der Waals surface area contributed by atoms with Gasteiger partial charge in [-0.3, -0.25) is 9.30 Å². The van der Waals surface area contributed by atoms with Crippen molar-refractivity contribution in [1.29, 1.82) is 0 Å². The Morgan fingerprint density at radius 2 is 2.06 bits per heavy atom. The van der Waals surface area contributed by atoms with E-state index in [0.717, 1.165) is 41.2 Å². The van der Waals surface area contributed by atoms with Crippen LogP contribution in [0.3, 0.4) is 0 Å². The predicted molar refractivity (Wildman–Crippen MR) is 144 cm³/mol. The summed E-state index contributed by atoms with van der Waals surface area (Å²) in [6, 6.07) is 11.9. The van der Waals surface area contributed by atoms with Crippen molar-refractivity contribution in [2.45, 2.75) is 34.8 Å². The highest BCUT2D eigenvalue weighted by Crippen LogP contribution is 2.34. The third-order valence-electron chi connectivity index (χ3n) is 6.15. The van der Waals surface area contributed by atoms with Gasteiger partial charge in [0.1, 0.15) is 9.25 Å². The molecule has 1 fully saturated rings. The van der Waals surface area contributed by atoms with Crippen molar-refractivity contribution >= 4 is 66.5 Å². The summed E-state index contributed by atoms with van der Waals surface area (Å²) in [5.41, 5.74) is 2.42. The van der Waals surface area contributed by atoms with Crippen molar-refractivity contribution in [2.75, 3.05) is 35.9 Å². The van der Waals surface area contributed by atoms with Gasteiger partial charge in [0.05, 0.1) is 23.4 Å². The van der Waals surface area contributed by atoms with Crippen LogP contribution in [0.15, 0.2) is 51.0 Å². The lowest BCUT2D eigenvalue weighted by atomic mass is 10.1. The Morgan fingerprint density at radius 1 is 1.21 bits per heavy atom. The van der Waals surface area contributed by atoms with Gasteiger partial charge in [-0.2, -0.15) is 11.8 Å². The molecule has 10 heteroatoms. The number of aromatic amines is 1. The van der Waals surface area contributed by atoms with Crippen molar-refractivity contribution in [3.05, 3.63) is 47.5 Å². The lowest BCUT2D eigenvalue weighted by Crippen LogP contribution is -2.34. The lowest BCUT2D eigenvalue weighted by Gasteiger charge is -2.23. The SMILES string of the molecule is CN(c1cccc2cc(C3=NCC(CCNC4CCSCC4)S3)[nH]c12)S(=O)(=O)c1cccs1. The van der Waals surface area contributed by atoms with E-state index in [4.69, 9.17) is 4.99 Å². The number of thioether (sulfide) groups is 2. The number of H-pyrrole nitrogens is 1. The number of hydrogen-bond acceptors (Lipinski definition) is 7. The molecule has 3 aromatic rings. The van der Waals surface area contributed by atoms with Gasteiger partial charge < -0.3 is 10.3 Å². The number of sulfonamides is 1. The Hall–Kier alpha value is -1.46. The Kier molecular flexibility index (Phi) is 7.08. The highest BCUT2D eigenvalue weighted by molar-refractivity contribution is 8.15. The summed E-state index contributed by atoms with van der Waals surface area (Å²) in [4.78, 5) is 8.26. The summed E-state index contributed by atoms with van der Waals surface area (Å²) in [7, 11) is -1.98. The van der Waals surface area contributed by atoms with Crippen LogP contribution in [-0.4, -0.2) is 61.4 Å². The van der Waals surface area contributed by atoms with Gasteiger partial charge in [0.2, 0.25) is 0 Å². The number of hydrogen-bond donors (Lipinski definition) is 2. The number of aromatic nitrogens is 1. The van der Waals surface area contributed by atoms with Crippen LogP contribution < -0.4 is 9.62 Å². The van der Waals surface area contributed by atoms with Crippen molar-refractivity contribution in [3.63, 3.8) is 0 Å². The molecule has 1 unspecified atom stereocenters. The molecule has 1 saturated heterocycles. The predicted octanol–water partition coefficient (Wildman–Crippen LogP) is 4.79. The van der Waals surface area contributed by atoms with Gasteiger partial charge >= 0.3 is 0 Å². The fourth-order valence-corrected chi connectivity index (χ4v) is 8.82. The van der Waals surface area contributed by atoms with Crippen molar-refractivity contribution in [3.8, 4) is 0 Å². The van der Waals surface area contributed by atoms with E-state index >= 15 is 0 Å². The third kappa shape index (κ3) is 5.00. The van der Waals surface area contributed by atoms with Crippen LogP contribution in [0.1, 0.15) is 25.0 Å². The highest BCUT2D eigenvalue weighted by atomic mass is 32.2. The van der Waals surface area contributed by atoms with Crippen LogP contribution in [0, 0.1) is 0 Å². The quantitative estimate of drug-likeness (QED) is 0.447. The molecule has 2 aromatic heterocycles. The molecule has 2 N–H and O–H groups in total. The smallest absolute Gasteiger partial charge is 0.273 e. The second-order valence-electron chi connectivity index (χ2n) is 8.34. The molecule has 33 heavy (non-hydrogen) atoms. The van der Waals surface area contributed by atoms with Gasteiger partial charge in [-0.25, -0.2) is 8.42 Å². The summed E-state index contributed by atoms with van der Waals surface area (Å²) in [5.74, 6) is 2.55. The molecule has 6 nitrogen and oxygen atoms in total. The molecule has 0 amide bonds. The van der Waals surface area contributed by atoms with E-state index in [9.17, 15) is 8.42 Å². The summed E-state index contributed by atoms with van der Waals surface area (Å²) in [5, 5.41) is 7.99. The molecule has 1 aromatic carbocycles. The molecule has 1 atom stereocenters. The number of anilines is 1. The van der Waals surface area contributed by atoms with E-state index in [0.29, 0.717) is 21.2 Å². The van der Waals surface area contributed by atoms with Crippen LogP contribution in [0.25, 0.3) is 10.9 Å². The Labute approximate surface area is 207 Å². The number of nitrogens with one attached hydrogen (secondary N) is 2. The van der Waals surface area contributed by atoms with Crippen molar-refractivity contribution in [2.24, 2.45) is 4.99 Å². The van der Waals surface area contributed by atoms with Crippen molar-refractivity contribution in [1.82, 2.24) is 10.3 Å². The lowest BCUT2D eigenvalue weighted by molar-refractivity contribution is 0.476. The molecule has 2 aliphatic heterocycles. The molecule has 0 spiro atoms. The van der Waals surface area contributed by atoms with Crippen LogP contribution in [0.4, 0.5) is 5.69 Å². The molecule has 0 aliphatic carbocycles. The van der Waals surface area contributed by atoms with Crippen LogP contribution in [0.5, 0.6) is 0 Å². The zero-order chi connectivity index (χ0) is 22.8. The topological polar surface area (TPSA) is 77.6 Å². The van der Waals surface area contributed by atoms with Gasteiger partial charge in [0, 0.05) is 23.7 Å². The molecule has 4 heterocycles. The second kappa shape index (κ2) is 10.0. The summed E-state index contributed by atoms with van der Waals surface area (Å²) < 4.78 is 27.8. The minimum Gasteiger partial charge on any atom is -0.351 e. The van der Waals surface area contributed by atoms with Gasteiger partial charge in [-0.1, -0.05) is 30.0 Å². The van der Waals surface area contributed by atoms with Crippen LogP contribution in [0.2, 0.25) is 0 Å². The largest absolute Gasteiger partial charge is 0.351 e. The van der Waals surface area contributed by atoms with Gasteiger partial charge in [-0.05, 0) is 60.9 Å². The summed E-state index contributed by atoms with van der Waals surface area (Å²) in [6.07, 6.45) is 3.66. The van der Waals surface area contributed by atoms with E-state index in [1.165, 1.54) is 40.0 Å². The molecule has 0 saturated carbocycles. The first-order valence-corrected chi connectivity index (χ1v) is 15.5. The van der Waals surface area contributed by atoms with E-state index in [1.807, 2.05) is 30.0 Å². The Morgan fingerprint density at radius 3 is 2.85 bits per heavy atom. The molecule has 0 radical (unpaired) electrons. The average Bonchev–Trinajstić information content (AvgIpc) is 3.59. The number of aliphatic imine (C=N–C) groups is 1. The number of benzene rings is 1. The number of nitrogens with zero attached hydrogens (tertiary/aromatic N) is 2. The van der Waals surface area contributed by atoms with Gasteiger partial charge in [0.25, 0.3) is 10.0 Å². The fraction of sp³-hybridized carbons (Fsp3) is 0.435. The first-order valence-electron chi connectivity index (χ1n) is 11.2. The first kappa shape index (κ1) is 23.3. The minimum atomic E-state index is -3.59.